The lowest BCUT2D eigenvalue weighted by Crippen LogP contribution is -2.33. The van der Waals surface area contributed by atoms with Crippen molar-refractivity contribution in [3.05, 3.63) is 40.9 Å². The van der Waals surface area contributed by atoms with E-state index in [1.807, 2.05) is 48.7 Å². The van der Waals surface area contributed by atoms with E-state index < -0.39 is 0 Å². The van der Waals surface area contributed by atoms with E-state index >= 15 is 0 Å². The zero-order valence-electron chi connectivity index (χ0n) is 14.3. The molecule has 0 atom stereocenters. The van der Waals surface area contributed by atoms with Gasteiger partial charge in [0.1, 0.15) is 12.2 Å². The molecule has 1 N–H and O–H groups in total. The quantitative estimate of drug-likeness (QED) is 0.709. The summed E-state index contributed by atoms with van der Waals surface area (Å²) in [5, 5.41) is 2.92. The average molecular weight is 403 g/mol. The van der Waals surface area contributed by atoms with Gasteiger partial charge in [0, 0.05) is 16.6 Å². The first-order valence-corrected chi connectivity index (χ1v) is 8.74. The number of rotatable bonds is 5. The summed E-state index contributed by atoms with van der Waals surface area (Å²) >= 11 is 3.46. The average Bonchev–Trinajstić information content (AvgIpc) is 2.91. The fraction of sp³-hybridized carbons (Fsp3) is 0.278. The molecule has 0 radical (unpaired) electrons. The number of halogens is 1. The van der Waals surface area contributed by atoms with Crippen molar-refractivity contribution in [2.75, 3.05) is 7.11 Å². The maximum absolute atomic E-state index is 12.3. The molecule has 6 nitrogen and oxygen atoms in total. The molecule has 0 bridgehead atoms. The highest BCUT2D eigenvalue weighted by molar-refractivity contribution is 9.10. The molecule has 0 saturated heterocycles. The number of aromatic nitrogens is 3. The van der Waals surface area contributed by atoms with Gasteiger partial charge in [-0.2, -0.15) is 0 Å². The first-order valence-electron chi connectivity index (χ1n) is 7.94. The highest BCUT2D eigenvalue weighted by Gasteiger charge is 2.17. The Balaban J connectivity index is 2.12. The predicted molar refractivity (Wildman–Crippen MR) is 100 cm³/mol. The van der Waals surface area contributed by atoms with Gasteiger partial charge >= 0.3 is 0 Å². The molecule has 2 heterocycles. The number of nitrogens with one attached hydrogen (secondary N) is 1. The maximum Gasteiger partial charge on any atom is 0.240 e. The molecule has 0 spiro atoms. The third kappa shape index (κ3) is 3.82. The zero-order chi connectivity index (χ0) is 18.0. The van der Waals surface area contributed by atoms with Gasteiger partial charge < -0.3 is 14.6 Å². The second-order valence-corrected chi connectivity index (χ2v) is 6.86. The highest BCUT2D eigenvalue weighted by Crippen LogP contribution is 2.27. The third-order valence-corrected chi connectivity index (χ3v) is 4.12. The Labute approximate surface area is 154 Å². The number of fused-ring (bicyclic) bond motifs is 1. The Hall–Kier alpha value is -2.41. The van der Waals surface area contributed by atoms with Crippen LogP contribution in [0.2, 0.25) is 0 Å². The van der Waals surface area contributed by atoms with E-state index in [9.17, 15) is 4.79 Å². The monoisotopic (exact) mass is 402 g/mol. The summed E-state index contributed by atoms with van der Waals surface area (Å²) in [6, 6.07) is 11.4. The van der Waals surface area contributed by atoms with Crippen molar-refractivity contribution < 1.29 is 9.53 Å². The topological polar surface area (TPSA) is 69.0 Å². The van der Waals surface area contributed by atoms with Crippen LogP contribution < -0.4 is 10.1 Å². The lowest BCUT2D eigenvalue weighted by Gasteiger charge is -2.12. The molecular formula is C18H19BrN4O2. The summed E-state index contributed by atoms with van der Waals surface area (Å²) < 4.78 is 8.02. The minimum absolute atomic E-state index is 0.0682. The van der Waals surface area contributed by atoms with Gasteiger partial charge in [-0.25, -0.2) is 9.97 Å². The van der Waals surface area contributed by atoms with Crippen molar-refractivity contribution in [1.82, 2.24) is 19.9 Å². The molecule has 0 aliphatic rings. The first-order chi connectivity index (χ1) is 12.0. The van der Waals surface area contributed by atoms with E-state index in [0.717, 1.165) is 15.5 Å². The normalized spacial score (nSPS) is 11.1. The van der Waals surface area contributed by atoms with Crippen LogP contribution in [0, 0.1) is 0 Å². The number of hydrogen-bond acceptors (Lipinski definition) is 4. The van der Waals surface area contributed by atoms with Crippen LogP contribution in [0.5, 0.6) is 5.88 Å². The summed E-state index contributed by atoms with van der Waals surface area (Å²) in [4.78, 5) is 21.5. The van der Waals surface area contributed by atoms with Crippen molar-refractivity contribution >= 4 is 32.9 Å². The van der Waals surface area contributed by atoms with Crippen LogP contribution in [0.1, 0.15) is 13.8 Å². The minimum Gasteiger partial charge on any atom is -0.481 e. The Kier molecular flexibility index (Phi) is 5.03. The van der Waals surface area contributed by atoms with Crippen LogP contribution >= 0.6 is 15.9 Å². The number of nitrogens with zero attached hydrogens (tertiary/aromatic N) is 3. The van der Waals surface area contributed by atoms with E-state index in [4.69, 9.17) is 4.74 Å². The lowest BCUT2D eigenvalue weighted by atomic mass is 10.3. The van der Waals surface area contributed by atoms with E-state index in [1.54, 1.807) is 13.2 Å². The number of pyridine rings is 1. The van der Waals surface area contributed by atoms with Crippen molar-refractivity contribution in [2.45, 2.75) is 26.4 Å². The number of carbonyl (C=O) groups excluding carboxylic acids is 1. The smallest absolute Gasteiger partial charge is 0.240 e. The zero-order valence-corrected chi connectivity index (χ0v) is 15.9. The van der Waals surface area contributed by atoms with Crippen molar-refractivity contribution in [2.24, 2.45) is 0 Å². The molecule has 0 aliphatic carbocycles. The van der Waals surface area contributed by atoms with E-state index in [1.165, 1.54) is 0 Å². The van der Waals surface area contributed by atoms with Crippen LogP contribution in [-0.4, -0.2) is 33.6 Å². The minimum atomic E-state index is -0.0682. The highest BCUT2D eigenvalue weighted by atomic mass is 79.9. The number of benzene rings is 1. The predicted octanol–water partition coefficient (Wildman–Crippen LogP) is 3.39. The van der Waals surface area contributed by atoms with Gasteiger partial charge in [-0.1, -0.05) is 22.0 Å². The Morgan fingerprint density at radius 1 is 1.28 bits per heavy atom. The second-order valence-electron chi connectivity index (χ2n) is 5.94. The van der Waals surface area contributed by atoms with Gasteiger partial charge in [-0.3, -0.25) is 4.79 Å². The van der Waals surface area contributed by atoms with Gasteiger partial charge in [-0.05, 0) is 38.1 Å². The molecule has 7 heteroatoms. The molecule has 0 fully saturated rings. The van der Waals surface area contributed by atoms with E-state index in [2.05, 4.69) is 31.2 Å². The number of hydrogen-bond donors (Lipinski definition) is 1. The van der Waals surface area contributed by atoms with Gasteiger partial charge in [0.15, 0.2) is 5.82 Å². The van der Waals surface area contributed by atoms with Crippen molar-refractivity contribution in [3.8, 4) is 17.4 Å². The molecule has 0 aliphatic heterocycles. The number of methoxy groups -OCH3 is 1. The maximum atomic E-state index is 12.3. The molecule has 0 saturated carbocycles. The third-order valence-electron chi connectivity index (χ3n) is 3.62. The fourth-order valence-electron chi connectivity index (χ4n) is 2.62. The molecule has 1 amide bonds. The largest absolute Gasteiger partial charge is 0.481 e. The van der Waals surface area contributed by atoms with E-state index in [0.29, 0.717) is 17.4 Å². The number of amides is 1. The molecule has 1 aromatic carbocycles. The van der Waals surface area contributed by atoms with Crippen LogP contribution in [0.25, 0.3) is 22.6 Å². The molecule has 25 heavy (non-hydrogen) atoms. The van der Waals surface area contributed by atoms with Crippen molar-refractivity contribution in [1.29, 1.82) is 0 Å². The lowest BCUT2D eigenvalue weighted by molar-refractivity contribution is -0.122. The number of imidazole rings is 1. The standard InChI is InChI=1S/C18H19BrN4O2/c1-11(2)20-16(24)10-23-15-8-7-12(19)9-14(15)22-18(23)13-5-4-6-17(21-13)25-3/h4-9,11H,10H2,1-3H3,(H,20,24). The molecule has 0 unspecified atom stereocenters. The molecule has 2 aromatic heterocycles. The van der Waals surface area contributed by atoms with Crippen LogP contribution in [-0.2, 0) is 11.3 Å². The van der Waals surface area contributed by atoms with Crippen LogP contribution in [0.4, 0.5) is 0 Å². The number of carbonyl (C=O) groups is 1. The second kappa shape index (κ2) is 7.23. The summed E-state index contributed by atoms with van der Waals surface area (Å²) in [7, 11) is 1.57. The first kappa shape index (κ1) is 17.4. The van der Waals surface area contributed by atoms with Gasteiger partial charge in [-0.15, -0.1) is 0 Å². The van der Waals surface area contributed by atoms with E-state index in [-0.39, 0.29) is 18.5 Å². The molecule has 3 aromatic rings. The summed E-state index contributed by atoms with van der Waals surface area (Å²) in [5.41, 5.74) is 2.33. The Bertz CT molecular complexity index is 921. The molecular weight excluding hydrogens is 384 g/mol. The van der Waals surface area contributed by atoms with Crippen LogP contribution in [0.15, 0.2) is 40.9 Å². The SMILES string of the molecule is COc1cccc(-c2nc3cc(Br)ccc3n2CC(=O)NC(C)C)n1. The molecule has 3 rings (SSSR count). The Morgan fingerprint density at radius 2 is 2.08 bits per heavy atom. The van der Waals surface area contributed by atoms with Gasteiger partial charge in [0.05, 0.1) is 18.1 Å². The molecule has 130 valence electrons. The summed E-state index contributed by atoms with van der Waals surface area (Å²) in [5.74, 6) is 1.07. The van der Waals surface area contributed by atoms with Crippen molar-refractivity contribution in [3.63, 3.8) is 0 Å². The van der Waals surface area contributed by atoms with Gasteiger partial charge in [0.2, 0.25) is 11.8 Å². The van der Waals surface area contributed by atoms with Gasteiger partial charge in [0.25, 0.3) is 0 Å². The van der Waals surface area contributed by atoms with Crippen LogP contribution in [0.3, 0.4) is 0 Å². The number of ether oxygens (including phenoxy) is 1. The Morgan fingerprint density at radius 3 is 2.80 bits per heavy atom. The fourth-order valence-corrected chi connectivity index (χ4v) is 2.97. The summed E-state index contributed by atoms with van der Waals surface area (Å²) in [6.45, 7) is 4.04. The summed E-state index contributed by atoms with van der Waals surface area (Å²) in [6.07, 6.45) is 0.